The molecule has 88 valence electrons. The Balaban J connectivity index is 3.45. The third kappa shape index (κ3) is 2.52. The fourth-order valence-electron chi connectivity index (χ4n) is 1.05. The van der Waals surface area contributed by atoms with Gasteiger partial charge in [-0.15, -0.1) is 0 Å². The summed E-state index contributed by atoms with van der Waals surface area (Å²) >= 11 is 10.6. The summed E-state index contributed by atoms with van der Waals surface area (Å²) in [7, 11) is -0.718. The number of halogens is 1. The van der Waals surface area contributed by atoms with Gasteiger partial charge < -0.3 is 5.73 Å². The molecule has 0 fully saturated rings. The molecule has 1 rings (SSSR count). The van der Waals surface area contributed by atoms with E-state index >= 15 is 0 Å². The lowest BCUT2D eigenvalue weighted by Crippen LogP contribution is -2.23. The molecule has 0 aliphatic heterocycles. The van der Waals surface area contributed by atoms with Crippen LogP contribution in [0, 0.1) is 0 Å². The summed E-state index contributed by atoms with van der Waals surface area (Å²) in [5.41, 5.74) is 5.90. The topological polar surface area (TPSA) is 63.4 Å². The van der Waals surface area contributed by atoms with Gasteiger partial charge in [-0.05, 0) is 12.1 Å². The van der Waals surface area contributed by atoms with E-state index in [9.17, 15) is 8.42 Å². The first-order valence-electron chi connectivity index (χ1n) is 4.28. The summed E-state index contributed by atoms with van der Waals surface area (Å²) in [6, 6.07) is 4.42. The number of nitrogens with zero attached hydrogens (tertiary/aromatic N) is 1. The fourth-order valence-corrected chi connectivity index (χ4v) is 2.57. The molecule has 0 aliphatic carbocycles. The molecule has 16 heavy (non-hydrogen) atoms. The average molecular weight is 279 g/mol. The summed E-state index contributed by atoms with van der Waals surface area (Å²) in [6.07, 6.45) is 0. The molecule has 1 aromatic rings. The quantitative estimate of drug-likeness (QED) is 0.845. The fraction of sp³-hybridized carbons (Fsp3) is 0.222. The highest BCUT2D eigenvalue weighted by atomic mass is 35.5. The molecule has 0 bridgehead atoms. The van der Waals surface area contributed by atoms with Crippen LogP contribution < -0.4 is 5.73 Å². The van der Waals surface area contributed by atoms with Crippen molar-refractivity contribution in [2.75, 3.05) is 14.1 Å². The molecule has 1 aromatic carbocycles. The molecule has 0 atom stereocenters. The smallest absolute Gasteiger partial charge is 0.244 e. The summed E-state index contributed by atoms with van der Waals surface area (Å²) < 4.78 is 24.9. The normalized spacial score (nSPS) is 11.8. The minimum absolute atomic E-state index is 0.00414. The molecular formula is C9H11ClN2O2S2. The van der Waals surface area contributed by atoms with Gasteiger partial charge in [-0.3, -0.25) is 0 Å². The Kier molecular flexibility index (Phi) is 3.90. The first-order chi connectivity index (χ1) is 7.26. The molecule has 0 heterocycles. The second-order valence-corrected chi connectivity index (χ2v) is 6.26. The predicted molar refractivity (Wildman–Crippen MR) is 68.2 cm³/mol. The number of nitrogens with two attached hydrogens (primary N) is 1. The summed E-state index contributed by atoms with van der Waals surface area (Å²) in [4.78, 5) is 0.135. The molecular weight excluding hydrogens is 268 g/mol. The SMILES string of the molecule is CN(C)S(=O)(=O)c1cc(C(N)=S)ccc1Cl. The van der Waals surface area contributed by atoms with Crippen molar-refractivity contribution in [2.24, 2.45) is 5.73 Å². The number of hydrogen-bond acceptors (Lipinski definition) is 3. The van der Waals surface area contributed by atoms with Crippen LogP contribution >= 0.6 is 23.8 Å². The lowest BCUT2D eigenvalue weighted by Gasteiger charge is -2.13. The maximum atomic E-state index is 11.9. The molecule has 0 aliphatic rings. The molecule has 7 heteroatoms. The number of benzene rings is 1. The second-order valence-electron chi connectivity index (χ2n) is 3.30. The number of thiocarbonyl (C=S) groups is 1. The van der Waals surface area contributed by atoms with Crippen LogP contribution in [0.4, 0.5) is 0 Å². The zero-order chi connectivity index (χ0) is 12.5. The highest BCUT2D eigenvalue weighted by Gasteiger charge is 2.21. The minimum Gasteiger partial charge on any atom is -0.389 e. The Bertz CT molecular complexity index is 526. The largest absolute Gasteiger partial charge is 0.389 e. The van der Waals surface area contributed by atoms with Crippen molar-refractivity contribution in [3.8, 4) is 0 Å². The van der Waals surface area contributed by atoms with Gasteiger partial charge in [0, 0.05) is 19.7 Å². The highest BCUT2D eigenvalue weighted by Crippen LogP contribution is 2.24. The molecule has 0 radical (unpaired) electrons. The van der Waals surface area contributed by atoms with Crippen LogP contribution in [0.2, 0.25) is 5.02 Å². The first kappa shape index (κ1) is 13.4. The molecule has 0 saturated carbocycles. The van der Waals surface area contributed by atoms with Crippen molar-refractivity contribution in [1.82, 2.24) is 4.31 Å². The van der Waals surface area contributed by atoms with Gasteiger partial charge in [0.05, 0.1) is 5.02 Å². The van der Waals surface area contributed by atoms with E-state index in [1.54, 1.807) is 6.07 Å². The number of rotatable bonds is 3. The minimum atomic E-state index is -3.58. The van der Waals surface area contributed by atoms with Crippen molar-refractivity contribution in [1.29, 1.82) is 0 Å². The van der Waals surface area contributed by atoms with Crippen molar-refractivity contribution < 1.29 is 8.42 Å². The zero-order valence-electron chi connectivity index (χ0n) is 8.77. The Morgan fingerprint density at radius 3 is 2.44 bits per heavy atom. The van der Waals surface area contributed by atoms with Crippen LogP contribution in [0.15, 0.2) is 23.1 Å². The zero-order valence-corrected chi connectivity index (χ0v) is 11.2. The summed E-state index contributed by atoms with van der Waals surface area (Å²) in [6.45, 7) is 0. The van der Waals surface area contributed by atoms with E-state index < -0.39 is 10.0 Å². The number of sulfonamides is 1. The third-order valence-corrected chi connectivity index (χ3v) is 4.51. The van der Waals surface area contributed by atoms with Crippen molar-refractivity contribution in [3.05, 3.63) is 28.8 Å². The van der Waals surface area contributed by atoms with E-state index in [0.29, 0.717) is 5.56 Å². The van der Waals surface area contributed by atoms with Crippen LogP contribution in [0.3, 0.4) is 0 Å². The Labute approximate surface area is 105 Å². The molecule has 0 unspecified atom stereocenters. The molecule has 0 spiro atoms. The van der Waals surface area contributed by atoms with Gasteiger partial charge in [-0.1, -0.05) is 29.9 Å². The summed E-state index contributed by atoms with van der Waals surface area (Å²) in [5, 5.41) is 0.147. The van der Waals surface area contributed by atoms with Gasteiger partial charge in [0.2, 0.25) is 10.0 Å². The molecule has 2 N–H and O–H groups in total. The van der Waals surface area contributed by atoms with E-state index in [-0.39, 0.29) is 14.9 Å². The molecule has 4 nitrogen and oxygen atoms in total. The van der Waals surface area contributed by atoms with Crippen molar-refractivity contribution in [2.45, 2.75) is 4.90 Å². The molecule has 0 aromatic heterocycles. The van der Waals surface area contributed by atoms with E-state index in [1.165, 1.54) is 26.2 Å². The maximum Gasteiger partial charge on any atom is 0.244 e. The highest BCUT2D eigenvalue weighted by molar-refractivity contribution is 7.89. The Morgan fingerprint density at radius 2 is 2.00 bits per heavy atom. The van der Waals surface area contributed by atoms with E-state index in [4.69, 9.17) is 29.6 Å². The molecule has 0 saturated heterocycles. The first-order valence-corrected chi connectivity index (χ1v) is 6.51. The standard InChI is InChI=1S/C9H11ClN2O2S2/c1-12(2)16(13,14)8-5-6(9(11)15)3-4-7(8)10/h3-5H,1-2H3,(H2,11,15). The maximum absolute atomic E-state index is 11.9. The van der Waals surface area contributed by atoms with Crippen LogP contribution in [0.5, 0.6) is 0 Å². The lowest BCUT2D eigenvalue weighted by atomic mass is 10.2. The summed E-state index contributed by atoms with van der Waals surface area (Å²) in [5.74, 6) is 0. The van der Waals surface area contributed by atoms with E-state index in [1.807, 2.05) is 0 Å². The monoisotopic (exact) mass is 278 g/mol. The van der Waals surface area contributed by atoms with E-state index in [2.05, 4.69) is 0 Å². The van der Waals surface area contributed by atoms with Gasteiger partial charge in [0.25, 0.3) is 0 Å². The van der Waals surface area contributed by atoms with Gasteiger partial charge in [-0.2, -0.15) is 0 Å². The van der Waals surface area contributed by atoms with Crippen LogP contribution in [-0.2, 0) is 10.0 Å². The van der Waals surface area contributed by atoms with Crippen molar-refractivity contribution >= 4 is 38.8 Å². The Hall–Kier alpha value is -0.690. The van der Waals surface area contributed by atoms with Gasteiger partial charge in [-0.25, -0.2) is 12.7 Å². The van der Waals surface area contributed by atoms with Crippen LogP contribution in [0.1, 0.15) is 5.56 Å². The predicted octanol–water partition coefficient (Wildman–Crippen LogP) is 1.22. The second kappa shape index (κ2) is 4.67. The average Bonchev–Trinajstić information content (AvgIpc) is 2.17. The molecule has 0 amide bonds. The number of hydrogen-bond donors (Lipinski definition) is 1. The van der Waals surface area contributed by atoms with Gasteiger partial charge in [0.15, 0.2) is 0 Å². The Morgan fingerprint density at radius 1 is 1.44 bits per heavy atom. The van der Waals surface area contributed by atoms with Crippen LogP contribution in [0.25, 0.3) is 0 Å². The lowest BCUT2D eigenvalue weighted by molar-refractivity contribution is 0.521. The van der Waals surface area contributed by atoms with Crippen LogP contribution in [-0.4, -0.2) is 31.8 Å². The van der Waals surface area contributed by atoms with Crippen molar-refractivity contribution in [3.63, 3.8) is 0 Å². The van der Waals surface area contributed by atoms with Gasteiger partial charge in [0.1, 0.15) is 9.88 Å². The van der Waals surface area contributed by atoms with Gasteiger partial charge >= 0.3 is 0 Å². The third-order valence-electron chi connectivity index (χ3n) is 1.97. The van der Waals surface area contributed by atoms with E-state index in [0.717, 1.165) is 4.31 Å².